The standard InChI is InChI=1S/C18H20N2O/c1-13-7-6-8-15(11-13)18-14(2)17(12-21)20(19-18)16-9-4-3-5-10-16/h3-11,14,17,21H,12H2,1-2H3/t14-,17-/m1/s1. The number of benzene rings is 2. The molecule has 0 aromatic heterocycles. The van der Waals surface area contributed by atoms with E-state index in [4.69, 9.17) is 5.10 Å². The number of para-hydroxylation sites is 1. The van der Waals surface area contributed by atoms with Crippen molar-refractivity contribution in [2.75, 3.05) is 11.6 Å². The third-order valence-corrected chi connectivity index (χ3v) is 4.06. The van der Waals surface area contributed by atoms with Crippen LogP contribution in [-0.4, -0.2) is 23.5 Å². The number of aliphatic hydroxyl groups is 1. The average Bonchev–Trinajstić information content (AvgIpc) is 2.85. The van der Waals surface area contributed by atoms with Crippen LogP contribution in [0.4, 0.5) is 5.69 Å². The number of hydrazone groups is 1. The van der Waals surface area contributed by atoms with Gasteiger partial charge in [-0.05, 0) is 24.6 Å². The Morgan fingerprint density at radius 1 is 1.10 bits per heavy atom. The highest BCUT2D eigenvalue weighted by molar-refractivity contribution is 6.04. The predicted molar refractivity (Wildman–Crippen MR) is 86.7 cm³/mol. The Hall–Kier alpha value is -2.13. The summed E-state index contributed by atoms with van der Waals surface area (Å²) in [6.07, 6.45) is 0. The monoisotopic (exact) mass is 280 g/mol. The summed E-state index contributed by atoms with van der Waals surface area (Å²) in [7, 11) is 0. The summed E-state index contributed by atoms with van der Waals surface area (Å²) >= 11 is 0. The van der Waals surface area contributed by atoms with Crippen LogP contribution in [0.25, 0.3) is 0 Å². The van der Waals surface area contributed by atoms with Gasteiger partial charge in [0, 0.05) is 5.92 Å². The molecule has 1 heterocycles. The van der Waals surface area contributed by atoms with Gasteiger partial charge in [0.25, 0.3) is 0 Å². The Morgan fingerprint density at radius 3 is 2.52 bits per heavy atom. The summed E-state index contributed by atoms with van der Waals surface area (Å²) in [6.45, 7) is 4.31. The van der Waals surface area contributed by atoms with Gasteiger partial charge in [-0.3, -0.25) is 5.01 Å². The molecule has 0 radical (unpaired) electrons. The molecule has 2 atom stereocenters. The minimum absolute atomic E-state index is 0.0112. The smallest absolute Gasteiger partial charge is 0.0838 e. The van der Waals surface area contributed by atoms with Gasteiger partial charge in [-0.25, -0.2) is 0 Å². The number of hydrogen-bond donors (Lipinski definition) is 1. The third-order valence-electron chi connectivity index (χ3n) is 4.06. The molecule has 0 saturated carbocycles. The van der Waals surface area contributed by atoms with Crippen molar-refractivity contribution in [3.05, 3.63) is 65.7 Å². The van der Waals surface area contributed by atoms with E-state index in [-0.39, 0.29) is 18.6 Å². The van der Waals surface area contributed by atoms with Gasteiger partial charge in [-0.15, -0.1) is 0 Å². The molecule has 0 saturated heterocycles. The Balaban J connectivity index is 2.01. The minimum Gasteiger partial charge on any atom is -0.394 e. The lowest BCUT2D eigenvalue weighted by molar-refractivity contribution is 0.250. The van der Waals surface area contributed by atoms with Crippen molar-refractivity contribution >= 4 is 11.4 Å². The second kappa shape index (κ2) is 5.70. The summed E-state index contributed by atoms with van der Waals surface area (Å²) in [5.41, 5.74) is 4.42. The van der Waals surface area contributed by atoms with Crippen LogP contribution >= 0.6 is 0 Å². The van der Waals surface area contributed by atoms with Crippen molar-refractivity contribution in [3.63, 3.8) is 0 Å². The summed E-state index contributed by atoms with van der Waals surface area (Å²) in [6, 6.07) is 18.4. The van der Waals surface area contributed by atoms with Crippen LogP contribution in [0.1, 0.15) is 18.1 Å². The zero-order valence-electron chi connectivity index (χ0n) is 12.4. The van der Waals surface area contributed by atoms with Crippen LogP contribution in [0.3, 0.4) is 0 Å². The summed E-state index contributed by atoms with van der Waals surface area (Å²) < 4.78 is 0. The van der Waals surface area contributed by atoms with E-state index in [0.717, 1.165) is 17.0 Å². The number of nitrogens with zero attached hydrogens (tertiary/aromatic N) is 2. The maximum absolute atomic E-state index is 9.77. The molecular formula is C18H20N2O. The number of anilines is 1. The van der Waals surface area contributed by atoms with Crippen LogP contribution in [-0.2, 0) is 0 Å². The van der Waals surface area contributed by atoms with Gasteiger partial charge in [0.15, 0.2) is 0 Å². The van der Waals surface area contributed by atoms with Crippen LogP contribution in [0.5, 0.6) is 0 Å². The second-order valence-electron chi connectivity index (χ2n) is 5.57. The highest BCUT2D eigenvalue weighted by atomic mass is 16.3. The molecular weight excluding hydrogens is 260 g/mol. The van der Waals surface area contributed by atoms with E-state index in [9.17, 15) is 5.11 Å². The molecule has 0 amide bonds. The first kappa shape index (κ1) is 13.8. The van der Waals surface area contributed by atoms with E-state index in [2.05, 4.69) is 38.1 Å². The molecule has 2 aromatic rings. The summed E-state index contributed by atoms with van der Waals surface area (Å²) in [5, 5.41) is 16.5. The fraction of sp³-hybridized carbons (Fsp3) is 0.278. The van der Waals surface area contributed by atoms with Crippen molar-refractivity contribution in [1.82, 2.24) is 0 Å². The fourth-order valence-corrected chi connectivity index (χ4v) is 2.87. The Morgan fingerprint density at radius 2 is 1.86 bits per heavy atom. The minimum atomic E-state index is -0.0112. The van der Waals surface area contributed by atoms with Crippen molar-refractivity contribution < 1.29 is 5.11 Å². The highest BCUT2D eigenvalue weighted by Gasteiger charge is 2.35. The van der Waals surface area contributed by atoms with Crippen molar-refractivity contribution in [2.24, 2.45) is 11.0 Å². The van der Waals surface area contributed by atoms with E-state index in [1.165, 1.54) is 5.56 Å². The van der Waals surface area contributed by atoms with E-state index in [0.29, 0.717) is 0 Å². The van der Waals surface area contributed by atoms with E-state index >= 15 is 0 Å². The molecule has 0 spiro atoms. The predicted octanol–water partition coefficient (Wildman–Crippen LogP) is 3.22. The lowest BCUT2D eigenvalue weighted by Gasteiger charge is -2.24. The molecule has 1 aliphatic rings. The maximum Gasteiger partial charge on any atom is 0.0838 e. The first-order chi connectivity index (χ1) is 10.2. The summed E-state index contributed by atoms with van der Waals surface area (Å²) in [5.74, 6) is 0.192. The largest absolute Gasteiger partial charge is 0.394 e. The molecule has 108 valence electrons. The molecule has 2 aromatic carbocycles. The second-order valence-corrected chi connectivity index (χ2v) is 5.57. The van der Waals surface area contributed by atoms with Crippen LogP contribution < -0.4 is 5.01 Å². The van der Waals surface area contributed by atoms with Gasteiger partial charge in [-0.2, -0.15) is 5.10 Å². The lowest BCUT2D eigenvalue weighted by atomic mass is 9.92. The van der Waals surface area contributed by atoms with Gasteiger partial charge in [0.1, 0.15) is 0 Å². The fourth-order valence-electron chi connectivity index (χ4n) is 2.87. The zero-order valence-corrected chi connectivity index (χ0v) is 12.4. The quantitative estimate of drug-likeness (QED) is 0.937. The molecule has 21 heavy (non-hydrogen) atoms. The molecule has 0 fully saturated rings. The Kier molecular flexibility index (Phi) is 3.76. The SMILES string of the molecule is Cc1cccc(C2=NN(c3ccccc3)[C@H](CO)[C@H]2C)c1. The normalized spacial score (nSPS) is 21.5. The number of rotatable bonds is 3. The van der Waals surface area contributed by atoms with E-state index < -0.39 is 0 Å². The van der Waals surface area contributed by atoms with Gasteiger partial charge < -0.3 is 5.11 Å². The topological polar surface area (TPSA) is 35.8 Å². The van der Waals surface area contributed by atoms with Gasteiger partial charge in [-0.1, -0.05) is 55.0 Å². The molecule has 3 rings (SSSR count). The molecule has 3 nitrogen and oxygen atoms in total. The van der Waals surface area contributed by atoms with Crippen LogP contribution in [0.2, 0.25) is 0 Å². The average molecular weight is 280 g/mol. The van der Waals surface area contributed by atoms with E-state index in [1.807, 2.05) is 35.3 Å². The Bertz CT molecular complexity index is 651. The van der Waals surface area contributed by atoms with Crippen molar-refractivity contribution in [2.45, 2.75) is 19.9 Å². The van der Waals surface area contributed by atoms with Crippen LogP contribution in [0, 0.1) is 12.8 Å². The molecule has 0 bridgehead atoms. The Labute approximate surface area is 125 Å². The van der Waals surface area contributed by atoms with Crippen molar-refractivity contribution in [3.8, 4) is 0 Å². The first-order valence-electron chi connectivity index (χ1n) is 7.31. The summed E-state index contributed by atoms with van der Waals surface area (Å²) in [4.78, 5) is 0. The molecule has 0 aliphatic carbocycles. The van der Waals surface area contributed by atoms with E-state index in [1.54, 1.807) is 0 Å². The highest BCUT2D eigenvalue weighted by Crippen LogP contribution is 2.30. The van der Waals surface area contributed by atoms with Gasteiger partial charge in [0.2, 0.25) is 0 Å². The first-order valence-corrected chi connectivity index (χ1v) is 7.31. The number of hydrogen-bond acceptors (Lipinski definition) is 3. The number of aryl methyl sites for hydroxylation is 1. The lowest BCUT2D eigenvalue weighted by Crippen LogP contribution is -2.35. The molecule has 0 unspecified atom stereocenters. The van der Waals surface area contributed by atoms with Gasteiger partial charge in [0.05, 0.1) is 24.0 Å². The molecule has 1 aliphatic heterocycles. The van der Waals surface area contributed by atoms with Crippen LogP contribution in [0.15, 0.2) is 59.7 Å². The van der Waals surface area contributed by atoms with Gasteiger partial charge >= 0.3 is 0 Å². The molecule has 3 heteroatoms. The number of aliphatic hydroxyl groups excluding tert-OH is 1. The maximum atomic E-state index is 9.77. The zero-order chi connectivity index (χ0) is 14.8. The molecule has 1 N–H and O–H groups in total. The third kappa shape index (κ3) is 2.57. The van der Waals surface area contributed by atoms with Crippen molar-refractivity contribution in [1.29, 1.82) is 0 Å².